The average Bonchev–Trinajstić information content (AvgIpc) is 2.40. The first-order valence-electron chi connectivity index (χ1n) is 5.29. The van der Waals surface area contributed by atoms with Gasteiger partial charge in [0.1, 0.15) is 18.6 Å². The molecule has 0 spiro atoms. The van der Waals surface area contributed by atoms with Crippen LogP contribution < -0.4 is 5.43 Å². The first kappa shape index (κ1) is 13.2. The fourth-order valence-electron chi connectivity index (χ4n) is 1.35. The fourth-order valence-corrected chi connectivity index (χ4v) is 1.55. The van der Waals surface area contributed by atoms with Crippen LogP contribution in [0.2, 0.25) is 5.02 Å². The number of rotatable bonds is 3. The second-order valence-electron chi connectivity index (χ2n) is 3.68. The maximum absolute atomic E-state index is 11.7. The molecule has 0 amide bonds. The van der Waals surface area contributed by atoms with E-state index in [1.165, 1.54) is 6.07 Å². The Hall–Kier alpha value is -2.27. The van der Waals surface area contributed by atoms with Crippen molar-refractivity contribution in [2.24, 2.45) is 0 Å². The van der Waals surface area contributed by atoms with Gasteiger partial charge in [-0.3, -0.25) is 4.79 Å². The number of carbonyl (C=O) groups is 1. The van der Waals surface area contributed by atoms with Crippen LogP contribution >= 0.6 is 11.6 Å². The van der Waals surface area contributed by atoms with Crippen molar-refractivity contribution in [1.29, 1.82) is 0 Å². The van der Waals surface area contributed by atoms with E-state index < -0.39 is 17.1 Å². The molecule has 1 N–H and O–H groups in total. The van der Waals surface area contributed by atoms with E-state index in [0.717, 1.165) is 12.3 Å². The van der Waals surface area contributed by atoms with Crippen LogP contribution in [0.25, 0.3) is 0 Å². The van der Waals surface area contributed by atoms with Crippen LogP contribution in [0.5, 0.6) is 5.75 Å². The summed E-state index contributed by atoms with van der Waals surface area (Å²) in [5.74, 6) is -0.943. The maximum atomic E-state index is 11.7. The molecule has 2 aromatic rings. The Balaban J connectivity index is 2.04. The van der Waals surface area contributed by atoms with Crippen molar-refractivity contribution in [1.82, 2.24) is 0 Å². The zero-order valence-corrected chi connectivity index (χ0v) is 10.4. The third-order valence-corrected chi connectivity index (χ3v) is 2.51. The average molecular weight is 281 g/mol. The largest absolute Gasteiger partial charge is 0.502 e. The van der Waals surface area contributed by atoms with Crippen molar-refractivity contribution < 1.29 is 19.1 Å². The van der Waals surface area contributed by atoms with E-state index in [9.17, 15) is 9.59 Å². The molecule has 0 fully saturated rings. The normalized spacial score (nSPS) is 10.2. The molecule has 0 aliphatic carbocycles. The SMILES string of the molecule is O=C(OCc1cc(=O)c(O)co1)c1cccc(Cl)c1. The Kier molecular flexibility index (Phi) is 3.87. The molecule has 6 heteroatoms. The number of halogens is 1. The van der Waals surface area contributed by atoms with Gasteiger partial charge >= 0.3 is 5.97 Å². The Morgan fingerprint density at radius 2 is 2.16 bits per heavy atom. The number of ether oxygens (including phenoxy) is 1. The van der Waals surface area contributed by atoms with Crippen molar-refractivity contribution in [2.45, 2.75) is 6.61 Å². The van der Waals surface area contributed by atoms with Gasteiger partial charge in [0.25, 0.3) is 0 Å². The molecule has 0 atom stereocenters. The van der Waals surface area contributed by atoms with Crippen molar-refractivity contribution in [3.63, 3.8) is 0 Å². The fraction of sp³-hybridized carbons (Fsp3) is 0.0769. The number of hydrogen-bond donors (Lipinski definition) is 1. The smallest absolute Gasteiger partial charge is 0.338 e. The Morgan fingerprint density at radius 3 is 2.84 bits per heavy atom. The predicted octanol–water partition coefficient (Wildman–Crippen LogP) is 2.36. The lowest BCUT2D eigenvalue weighted by molar-refractivity contribution is 0.0442. The summed E-state index contributed by atoms with van der Waals surface area (Å²) in [4.78, 5) is 22.8. The molecule has 0 saturated heterocycles. The predicted molar refractivity (Wildman–Crippen MR) is 67.2 cm³/mol. The van der Waals surface area contributed by atoms with Gasteiger partial charge in [0.15, 0.2) is 5.75 Å². The molecule has 0 saturated carbocycles. The molecule has 0 bridgehead atoms. The van der Waals surface area contributed by atoms with Crippen LogP contribution in [0, 0.1) is 0 Å². The van der Waals surface area contributed by atoms with Crippen molar-refractivity contribution in [2.75, 3.05) is 0 Å². The summed E-state index contributed by atoms with van der Waals surface area (Å²) in [6.07, 6.45) is 0.894. The van der Waals surface area contributed by atoms with E-state index in [2.05, 4.69) is 0 Å². The van der Waals surface area contributed by atoms with Crippen molar-refractivity contribution in [3.05, 3.63) is 63.2 Å². The van der Waals surface area contributed by atoms with E-state index in [-0.39, 0.29) is 12.4 Å². The van der Waals surface area contributed by atoms with Crippen LogP contribution in [-0.4, -0.2) is 11.1 Å². The van der Waals surface area contributed by atoms with E-state index >= 15 is 0 Å². The van der Waals surface area contributed by atoms with Gasteiger partial charge in [0.2, 0.25) is 5.43 Å². The molecule has 0 radical (unpaired) electrons. The Labute approximate surface area is 113 Å². The summed E-state index contributed by atoms with van der Waals surface area (Å²) < 4.78 is 9.85. The first-order valence-corrected chi connectivity index (χ1v) is 5.67. The quantitative estimate of drug-likeness (QED) is 0.873. The first-order chi connectivity index (χ1) is 9.06. The number of esters is 1. The molecule has 19 heavy (non-hydrogen) atoms. The highest BCUT2D eigenvalue weighted by Gasteiger charge is 2.09. The maximum Gasteiger partial charge on any atom is 0.338 e. The molecule has 0 aliphatic heterocycles. The van der Waals surface area contributed by atoms with Gasteiger partial charge in [-0.2, -0.15) is 0 Å². The zero-order valence-electron chi connectivity index (χ0n) is 9.63. The summed E-state index contributed by atoms with van der Waals surface area (Å²) in [7, 11) is 0. The summed E-state index contributed by atoms with van der Waals surface area (Å²) in [5, 5.41) is 9.42. The van der Waals surface area contributed by atoms with Gasteiger partial charge in [-0.1, -0.05) is 17.7 Å². The summed E-state index contributed by atoms with van der Waals surface area (Å²) in [6.45, 7) is -0.207. The van der Waals surface area contributed by atoms with Crippen LogP contribution in [0.15, 0.2) is 45.8 Å². The molecule has 5 nitrogen and oxygen atoms in total. The van der Waals surface area contributed by atoms with Crippen LogP contribution in [0.4, 0.5) is 0 Å². The van der Waals surface area contributed by atoms with Crippen LogP contribution in [0.3, 0.4) is 0 Å². The molecular formula is C13H9ClO5. The minimum atomic E-state index is -0.597. The van der Waals surface area contributed by atoms with Crippen molar-refractivity contribution >= 4 is 17.6 Å². The Bertz CT molecular complexity index is 662. The van der Waals surface area contributed by atoms with Gasteiger partial charge in [0.05, 0.1) is 5.56 Å². The minimum Gasteiger partial charge on any atom is -0.502 e. The molecule has 0 aliphatic rings. The number of benzene rings is 1. The van der Waals surface area contributed by atoms with Gasteiger partial charge in [-0.05, 0) is 18.2 Å². The third-order valence-electron chi connectivity index (χ3n) is 2.27. The molecule has 1 aromatic carbocycles. The lowest BCUT2D eigenvalue weighted by Crippen LogP contribution is -2.07. The lowest BCUT2D eigenvalue weighted by atomic mass is 10.2. The molecule has 98 valence electrons. The highest BCUT2D eigenvalue weighted by Crippen LogP contribution is 2.12. The van der Waals surface area contributed by atoms with E-state index in [4.69, 9.17) is 25.9 Å². The van der Waals surface area contributed by atoms with Crippen LogP contribution in [-0.2, 0) is 11.3 Å². The highest BCUT2D eigenvalue weighted by molar-refractivity contribution is 6.30. The van der Waals surface area contributed by atoms with E-state index in [1.807, 2.05) is 0 Å². The Morgan fingerprint density at radius 1 is 1.37 bits per heavy atom. The third kappa shape index (κ3) is 3.35. The zero-order chi connectivity index (χ0) is 13.8. The summed E-state index contributed by atoms with van der Waals surface area (Å²) in [6, 6.07) is 7.34. The van der Waals surface area contributed by atoms with Gasteiger partial charge < -0.3 is 14.3 Å². The molecule has 1 heterocycles. The second-order valence-corrected chi connectivity index (χ2v) is 4.12. The highest BCUT2D eigenvalue weighted by atomic mass is 35.5. The number of carbonyl (C=O) groups excluding carboxylic acids is 1. The standard InChI is InChI=1S/C13H9ClO5/c14-9-3-1-2-8(4-9)13(17)19-6-10-5-11(15)12(16)7-18-10/h1-5,7,16H,6H2. The monoisotopic (exact) mass is 280 g/mol. The van der Waals surface area contributed by atoms with Gasteiger partial charge in [0, 0.05) is 11.1 Å². The molecule has 2 rings (SSSR count). The number of hydrogen-bond acceptors (Lipinski definition) is 5. The second kappa shape index (κ2) is 5.58. The molecule has 1 aromatic heterocycles. The van der Waals surface area contributed by atoms with Crippen molar-refractivity contribution in [3.8, 4) is 5.75 Å². The molecular weight excluding hydrogens is 272 g/mol. The van der Waals surface area contributed by atoms with E-state index in [1.54, 1.807) is 18.2 Å². The van der Waals surface area contributed by atoms with E-state index in [0.29, 0.717) is 10.6 Å². The van der Waals surface area contributed by atoms with Crippen LogP contribution in [0.1, 0.15) is 16.1 Å². The summed E-state index contributed by atoms with van der Waals surface area (Å²) >= 11 is 5.75. The lowest BCUT2D eigenvalue weighted by Gasteiger charge is -2.04. The topological polar surface area (TPSA) is 76.7 Å². The van der Waals surface area contributed by atoms with Gasteiger partial charge in [-0.15, -0.1) is 0 Å². The van der Waals surface area contributed by atoms with Gasteiger partial charge in [-0.25, -0.2) is 4.79 Å². The molecule has 0 unspecified atom stereocenters. The minimum absolute atomic E-state index is 0.137. The summed E-state index contributed by atoms with van der Waals surface area (Å²) in [5.41, 5.74) is -0.298. The number of aromatic hydroxyl groups is 1.